The molecule has 0 aliphatic carbocycles. The molecule has 0 bridgehead atoms. The summed E-state index contributed by atoms with van der Waals surface area (Å²) in [7, 11) is 0. The van der Waals surface area contributed by atoms with Gasteiger partial charge in [-0.15, -0.1) is 0 Å². The van der Waals surface area contributed by atoms with Crippen LogP contribution in [0.3, 0.4) is 0 Å². The number of ether oxygens (including phenoxy) is 1. The van der Waals surface area contributed by atoms with Gasteiger partial charge in [-0.05, 0) is 18.4 Å². The van der Waals surface area contributed by atoms with Crippen molar-refractivity contribution in [3.8, 4) is 5.88 Å². The minimum atomic E-state index is -0.827. The highest BCUT2D eigenvalue weighted by Gasteiger charge is 2.32. The Morgan fingerprint density at radius 2 is 2.00 bits per heavy atom. The first-order valence-corrected chi connectivity index (χ1v) is 10.2. The number of hydrogen-bond acceptors (Lipinski definition) is 6. The summed E-state index contributed by atoms with van der Waals surface area (Å²) in [5, 5.41) is 18.1. The van der Waals surface area contributed by atoms with E-state index in [1.807, 2.05) is 37.3 Å². The van der Waals surface area contributed by atoms with Gasteiger partial charge in [-0.3, -0.25) is 19.3 Å². The molecule has 3 rings (SSSR count). The normalized spacial score (nSPS) is 15.8. The second kappa shape index (κ2) is 9.50. The lowest BCUT2D eigenvalue weighted by atomic mass is 10.2. The average Bonchev–Trinajstić information content (AvgIpc) is 3.22. The number of nitrogens with zero attached hydrogens (tertiary/aromatic N) is 3. The van der Waals surface area contributed by atoms with E-state index in [1.165, 1.54) is 4.90 Å². The number of nitrogens with one attached hydrogen (secondary N) is 1. The number of aromatic nitrogens is 2. The average molecular weight is 429 g/mol. The van der Waals surface area contributed by atoms with Gasteiger partial charge in [0.05, 0.1) is 6.04 Å². The number of carbonyl (C=O) groups excluding carboxylic acids is 1. The van der Waals surface area contributed by atoms with Crippen LogP contribution in [0.15, 0.2) is 39.9 Å². The molecular formula is C21H27N5O5. The van der Waals surface area contributed by atoms with Crippen molar-refractivity contribution in [1.29, 1.82) is 5.41 Å². The van der Waals surface area contributed by atoms with E-state index in [0.717, 1.165) is 21.1 Å². The summed E-state index contributed by atoms with van der Waals surface area (Å²) in [5.74, 6) is -1.21. The molecule has 1 atom stereocenters. The molecule has 10 nitrogen and oxygen atoms in total. The zero-order valence-corrected chi connectivity index (χ0v) is 17.4. The van der Waals surface area contributed by atoms with Crippen molar-refractivity contribution < 1.29 is 14.6 Å². The summed E-state index contributed by atoms with van der Waals surface area (Å²) in [5.41, 5.74) is 4.46. The summed E-state index contributed by atoms with van der Waals surface area (Å²) in [6.07, 6.45) is 1.21. The largest absolute Gasteiger partial charge is 0.494 e. The number of nitrogens with two attached hydrogens (primary N) is 1. The van der Waals surface area contributed by atoms with Crippen LogP contribution in [0, 0.1) is 5.41 Å². The zero-order chi connectivity index (χ0) is 22.5. The molecule has 10 heteroatoms. The molecule has 2 heterocycles. The number of carbonyl (C=O) groups is 1. The molecule has 166 valence electrons. The van der Waals surface area contributed by atoms with E-state index in [0.29, 0.717) is 19.4 Å². The Hall–Kier alpha value is -3.56. The molecular weight excluding hydrogens is 402 g/mol. The van der Waals surface area contributed by atoms with E-state index in [4.69, 9.17) is 15.9 Å². The minimum absolute atomic E-state index is 0.110. The number of unbranched alkanes of at least 4 members (excludes halogenated alkanes) is 1. The van der Waals surface area contributed by atoms with Crippen molar-refractivity contribution in [3.63, 3.8) is 0 Å². The van der Waals surface area contributed by atoms with Gasteiger partial charge >= 0.3 is 11.8 Å². The quantitative estimate of drug-likeness (QED) is 0.448. The lowest BCUT2D eigenvalue weighted by Crippen LogP contribution is -2.46. The molecule has 1 aliphatic heterocycles. The fourth-order valence-electron chi connectivity index (χ4n) is 3.66. The molecule has 31 heavy (non-hydrogen) atoms. The number of amidine groups is 1. The summed E-state index contributed by atoms with van der Waals surface area (Å²) in [6.45, 7) is 2.67. The van der Waals surface area contributed by atoms with E-state index in [1.54, 1.807) is 0 Å². The molecule has 0 saturated carbocycles. The third kappa shape index (κ3) is 4.62. The van der Waals surface area contributed by atoms with E-state index >= 15 is 0 Å². The van der Waals surface area contributed by atoms with Crippen molar-refractivity contribution >= 4 is 11.9 Å². The van der Waals surface area contributed by atoms with Crippen LogP contribution in [0.2, 0.25) is 0 Å². The number of hydrogen-bond donors (Lipinski definition) is 3. The maximum absolute atomic E-state index is 13.0. The predicted molar refractivity (Wildman–Crippen MR) is 114 cm³/mol. The molecule has 1 aromatic carbocycles. The first-order chi connectivity index (χ1) is 14.8. The topological polar surface area (TPSA) is 144 Å². The van der Waals surface area contributed by atoms with Crippen LogP contribution in [0.25, 0.3) is 0 Å². The van der Waals surface area contributed by atoms with Gasteiger partial charge in [-0.2, -0.15) is 0 Å². The highest BCUT2D eigenvalue weighted by molar-refractivity contribution is 5.96. The predicted octanol–water partition coefficient (Wildman–Crippen LogP) is 1.38. The molecule has 4 N–H and O–H groups in total. The van der Waals surface area contributed by atoms with Crippen molar-refractivity contribution in [3.05, 3.63) is 62.3 Å². The van der Waals surface area contributed by atoms with Crippen molar-refractivity contribution in [1.82, 2.24) is 14.0 Å². The Balaban J connectivity index is 1.83. The Labute approximate surface area is 179 Å². The van der Waals surface area contributed by atoms with Gasteiger partial charge in [0.2, 0.25) is 5.88 Å². The summed E-state index contributed by atoms with van der Waals surface area (Å²) in [4.78, 5) is 39.8. The minimum Gasteiger partial charge on any atom is -0.494 e. The number of benzene rings is 1. The van der Waals surface area contributed by atoms with E-state index < -0.39 is 40.7 Å². The SMILES string of the molecule is CCCCn1c(O)c(C(=N)N)c(=O)n(C2CCN(C(=O)OCc3ccccc3)C2)c1=O. The Bertz CT molecular complexity index is 1080. The number of amides is 1. The second-order valence-electron chi connectivity index (χ2n) is 7.50. The van der Waals surface area contributed by atoms with Crippen molar-refractivity contribution in [2.75, 3.05) is 13.1 Å². The number of aromatic hydroxyl groups is 1. The van der Waals surface area contributed by atoms with Crippen LogP contribution in [-0.2, 0) is 17.9 Å². The Morgan fingerprint density at radius 3 is 2.65 bits per heavy atom. The Kier molecular flexibility index (Phi) is 6.78. The highest BCUT2D eigenvalue weighted by atomic mass is 16.6. The third-order valence-corrected chi connectivity index (χ3v) is 5.35. The molecule has 0 radical (unpaired) electrons. The second-order valence-corrected chi connectivity index (χ2v) is 7.50. The maximum atomic E-state index is 13.0. The van der Waals surface area contributed by atoms with E-state index in [9.17, 15) is 19.5 Å². The summed E-state index contributed by atoms with van der Waals surface area (Å²) in [6, 6.07) is 8.66. The molecule has 1 fully saturated rings. The zero-order valence-electron chi connectivity index (χ0n) is 17.4. The fourth-order valence-corrected chi connectivity index (χ4v) is 3.66. The van der Waals surface area contributed by atoms with Crippen LogP contribution < -0.4 is 17.0 Å². The van der Waals surface area contributed by atoms with Crippen LogP contribution in [0.5, 0.6) is 5.88 Å². The van der Waals surface area contributed by atoms with Gasteiger partial charge < -0.3 is 20.5 Å². The monoisotopic (exact) mass is 429 g/mol. The molecule has 1 unspecified atom stereocenters. The highest BCUT2D eigenvalue weighted by Crippen LogP contribution is 2.21. The molecule has 1 aromatic heterocycles. The van der Waals surface area contributed by atoms with E-state index in [2.05, 4.69) is 0 Å². The van der Waals surface area contributed by atoms with Gasteiger partial charge in [-0.1, -0.05) is 43.7 Å². The van der Waals surface area contributed by atoms with Crippen LogP contribution in [0.4, 0.5) is 4.79 Å². The van der Waals surface area contributed by atoms with E-state index in [-0.39, 0.29) is 19.7 Å². The lowest BCUT2D eigenvalue weighted by Gasteiger charge is -2.20. The van der Waals surface area contributed by atoms with Crippen molar-refractivity contribution in [2.45, 2.75) is 45.4 Å². The van der Waals surface area contributed by atoms with Gasteiger partial charge in [0.1, 0.15) is 18.0 Å². The summed E-state index contributed by atoms with van der Waals surface area (Å²) < 4.78 is 7.40. The van der Waals surface area contributed by atoms with Crippen molar-refractivity contribution in [2.24, 2.45) is 5.73 Å². The van der Waals surface area contributed by atoms with Crippen LogP contribution in [-0.4, -0.2) is 44.2 Å². The standard InChI is InChI=1S/C21H27N5O5/c1-2-3-10-25-18(27)16(17(22)23)19(28)26(20(25)29)15-9-11-24(12-15)21(30)31-13-14-7-5-4-6-8-14/h4-8,15,27H,2-3,9-13H2,1H3,(H3,22,23). The summed E-state index contributed by atoms with van der Waals surface area (Å²) >= 11 is 0. The fraction of sp³-hybridized carbons (Fsp3) is 0.429. The first-order valence-electron chi connectivity index (χ1n) is 10.2. The molecule has 2 aromatic rings. The number of likely N-dealkylation sites (tertiary alicyclic amines) is 1. The molecule has 0 spiro atoms. The third-order valence-electron chi connectivity index (χ3n) is 5.35. The first kappa shape index (κ1) is 22.1. The van der Waals surface area contributed by atoms with Gasteiger partial charge in [0.15, 0.2) is 0 Å². The van der Waals surface area contributed by atoms with Gasteiger partial charge in [-0.25, -0.2) is 9.59 Å². The molecule has 1 aliphatic rings. The lowest BCUT2D eigenvalue weighted by molar-refractivity contribution is 0.103. The molecule has 1 amide bonds. The van der Waals surface area contributed by atoms with Gasteiger partial charge in [0, 0.05) is 19.6 Å². The van der Waals surface area contributed by atoms with Crippen LogP contribution >= 0.6 is 0 Å². The number of nitrogen functional groups attached to an aromatic ring is 1. The van der Waals surface area contributed by atoms with Crippen LogP contribution in [0.1, 0.15) is 43.4 Å². The maximum Gasteiger partial charge on any atom is 0.410 e. The Morgan fingerprint density at radius 1 is 1.29 bits per heavy atom. The molecule has 1 saturated heterocycles. The van der Waals surface area contributed by atoms with Gasteiger partial charge in [0.25, 0.3) is 5.56 Å². The smallest absolute Gasteiger partial charge is 0.410 e. The number of rotatable bonds is 7.